The Kier molecular flexibility index (Phi) is 2.87. The van der Waals surface area contributed by atoms with Gasteiger partial charge in [0.15, 0.2) is 0 Å². The summed E-state index contributed by atoms with van der Waals surface area (Å²) in [7, 11) is 0. The fourth-order valence-corrected chi connectivity index (χ4v) is 2.40. The van der Waals surface area contributed by atoms with Crippen molar-refractivity contribution in [2.75, 3.05) is 6.54 Å². The molecule has 1 heteroatoms. The second-order valence-electron chi connectivity index (χ2n) is 4.27. The van der Waals surface area contributed by atoms with Crippen LogP contribution < -0.4 is 5.32 Å². The molecule has 0 aromatic heterocycles. The van der Waals surface area contributed by atoms with E-state index in [1.165, 1.54) is 18.4 Å². The molecule has 0 spiro atoms. The molecule has 0 heterocycles. The zero-order chi connectivity index (χ0) is 9.97. The Morgan fingerprint density at radius 3 is 2.71 bits per heavy atom. The number of rotatable bonds is 3. The minimum atomic E-state index is 0.598. The highest BCUT2D eigenvalue weighted by molar-refractivity contribution is 5.37. The van der Waals surface area contributed by atoms with Crippen molar-refractivity contribution in [3.63, 3.8) is 0 Å². The number of benzene rings is 1. The Hall–Kier alpha value is -0.820. The quantitative estimate of drug-likeness (QED) is 0.769. The lowest BCUT2D eigenvalue weighted by atomic mass is 10.0. The smallest absolute Gasteiger partial charge is 0.0328 e. The van der Waals surface area contributed by atoms with E-state index in [0.717, 1.165) is 12.5 Å². The molecule has 0 saturated heterocycles. The van der Waals surface area contributed by atoms with Crippen molar-refractivity contribution in [3.05, 3.63) is 35.4 Å². The van der Waals surface area contributed by atoms with Gasteiger partial charge in [0.1, 0.15) is 0 Å². The molecule has 0 fully saturated rings. The van der Waals surface area contributed by atoms with Crippen molar-refractivity contribution in [2.45, 2.75) is 38.6 Å². The van der Waals surface area contributed by atoms with Gasteiger partial charge in [0.2, 0.25) is 0 Å². The summed E-state index contributed by atoms with van der Waals surface area (Å²) in [6.07, 6.45) is 2.48. The zero-order valence-corrected chi connectivity index (χ0v) is 9.09. The van der Waals surface area contributed by atoms with Crippen molar-refractivity contribution < 1.29 is 0 Å². The van der Waals surface area contributed by atoms with E-state index in [1.54, 1.807) is 5.56 Å². The average molecular weight is 189 g/mol. The van der Waals surface area contributed by atoms with Crippen molar-refractivity contribution >= 4 is 0 Å². The minimum absolute atomic E-state index is 0.598. The van der Waals surface area contributed by atoms with Crippen LogP contribution in [0.1, 0.15) is 49.8 Å². The van der Waals surface area contributed by atoms with Gasteiger partial charge in [0, 0.05) is 6.04 Å². The first-order valence-electron chi connectivity index (χ1n) is 5.65. The van der Waals surface area contributed by atoms with Crippen LogP contribution in [-0.4, -0.2) is 6.54 Å². The van der Waals surface area contributed by atoms with Gasteiger partial charge in [-0.05, 0) is 36.4 Å². The van der Waals surface area contributed by atoms with Gasteiger partial charge in [-0.1, -0.05) is 38.1 Å². The summed E-state index contributed by atoms with van der Waals surface area (Å²) in [6, 6.07) is 9.44. The maximum atomic E-state index is 3.62. The average Bonchev–Trinajstić information content (AvgIpc) is 2.54. The Bertz CT molecular complexity index is 306. The fourth-order valence-electron chi connectivity index (χ4n) is 2.40. The van der Waals surface area contributed by atoms with Gasteiger partial charge in [0.05, 0.1) is 0 Å². The number of nitrogens with one attached hydrogen (secondary N) is 1. The molecule has 0 aliphatic heterocycles. The summed E-state index contributed by atoms with van der Waals surface area (Å²) in [4.78, 5) is 0. The molecular formula is C13H19N. The third-order valence-electron chi connectivity index (χ3n) is 3.13. The third-order valence-corrected chi connectivity index (χ3v) is 3.13. The molecule has 1 nitrogen and oxygen atoms in total. The highest BCUT2D eigenvalue weighted by Gasteiger charge is 2.26. The molecule has 1 aromatic carbocycles. The van der Waals surface area contributed by atoms with Crippen LogP contribution >= 0.6 is 0 Å². The van der Waals surface area contributed by atoms with Crippen LogP contribution in [0.5, 0.6) is 0 Å². The standard InChI is InChI=1S/C13H19N/c1-3-8-14-13-9-10(2)11-6-4-5-7-12(11)13/h4-7,10,13-14H,3,8-9H2,1-2H3/t10-,13+/m1/s1. The largest absolute Gasteiger partial charge is 0.310 e. The van der Waals surface area contributed by atoms with Gasteiger partial charge < -0.3 is 5.32 Å². The molecule has 2 atom stereocenters. The van der Waals surface area contributed by atoms with Gasteiger partial charge in [-0.3, -0.25) is 0 Å². The van der Waals surface area contributed by atoms with Crippen LogP contribution in [0.3, 0.4) is 0 Å². The van der Waals surface area contributed by atoms with Crippen molar-refractivity contribution in [3.8, 4) is 0 Å². The molecule has 0 radical (unpaired) electrons. The Morgan fingerprint density at radius 1 is 1.29 bits per heavy atom. The Balaban J connectivity index is 2.17. The molecule has 0 saturated carbocycles. The molecule has 0 unspecified atom stereocenters. The van der Waals surface area contributed by atoms with Gasteiger partial charge >= 0.3 is 0 Å². The van der Waals surface area contributed by atoms with Crippen LogP contribution in [0.4, 0.5) is 0 Å². The molecule has 1 N–H and O–H groups in total. The highest BCUT2D eigenvalue weighted by Crippen LogP contribution is 2.39. The summed E-state index contributed by atoms with van der Waals surface area (Å²) in [6.45, 7) is 5.68. The van der Waals surface area contributed by atoms with Crippen molar-refractivity contribution in [2.24, 2.45) is 0 Å². The summed E-state index contributed by atoms with van der Waals surface area (Å²) < 4.78 is 0. The van der Waals surface area contributed by atoms with Crippen LogP contribution in [0.25, 0.3) is 0 Å². The molecule has 1 aliphatic carbocycles. The second kappa shape index (κ2) is 4.14. The molecular weight excluding hydrogens is 170 g/mol. The van der Waals surface area contributed by atoms with Gasteiger partial charge in [-0.25, -0.2) is 0 Å². The SMILES string of the molecule is CCCN[C@H]1C[C@@H](C)c2ccccc21. The first kappa shape index (κ1) is 9.72. The van der Waals surface area contributed by atoms with Gasteiger partial charge in [-0.2, -0.15) is 0 Å². The molecule has 0 amide bonds. The Labute approximate surface area is 86.5 Å². The van der Waals surface area contributed by atoms with Crippen LogP contribution in [0.2, 0.25) is 0 Å². The zero-order valence-electron chi connectivity index (χ0n) is 9.09. The topological polar surface area (TPSA) is 12.0 Å². The number of hydrogen-bond donors (Lipinski definition) is 1. The van der Waals surface area contributed by atoms with Crippen LogP contribution in [0, 0.1) is 0 Å². The Morgan fingerprint density at radius 2 is 2.00 bits per heavy atom. The third kappa shape index (κ3) is 1.69. The van der Waals surface area contributed by atoms with Gasteiger partial charge in [0.25, 0.3) is 0 Å². The predicted octanol–water partition coefficient (Wildman–Crippen LogP) is 3.23. The summed E-state index contributed by atoms with van der Waals surface area (Å²) in [5.41, 5.74) is 3.06. The molecule has 0 bridgehead atoms. The second-order valence-corrected chi connectivity index (χ2v) is 4.27. The van der Waals surface area contributed by atoms with E-state index < -0.39 is 0 Å². The molecule has 2 rings (SSSR count). The lowest BCUT2D eigenvalue weighted by Gasteiger charge is -2.12. The normalized spacial score (nSPS) is 25.0. The first-order chi connectivity index (χ1) is 6.83. The summed E-state index contributed by atoms with van der Waals surface area (Å²) in [5.74, 6) is 0.723. The lowest BCUT2D eigenvalue weighted by molar-refractivity contribution is 0.505. The van der Waals surface area contributed by atoms with E-state index in [9.17, 15) is 0 Å². The highest BCUT2D eigenvalue weighted by atomic mass is 14.9. The van der Waals surface area contributed by atoms with Crippen molar-refractivity contribution in [1.82, 2.24) is 5.32 Å². The summed E-state index contributed by atoms with van der Waals surface area (Å²) in [5, 5.41) is 3.62. The first-order valence-corrected chi connectivity index (χ1v) is 5.65. The van der Waals surface area contributed by atoms with E-state index in [4.69, 9.17) is 0 Å². The number of fused-ring (bicyclic) bond motifs is 1. The van der Waals surface area contributed by atoms with E-state index in [2.05, 4.69) is 43.4 Å². The predicted molar refractivity (Wildman–Crippen MR) is 60.5 cm³/mol. The maximum absolute atomic E-state index is 3.62. The molecule has 76 valence electrons. The van der Waals surface area contributed by atoms with Crippen LogP contribution in [0.15, 0.2) is 24.3 Å². The lowest BCUT2D eigenvalue weighted by Crippen LogP contribution is -2.19. The molecule has 1 aliphatic rings. The van der Waals surface area contributed by atoms with Gasteiger partial charge in [-0.15, -0.1) is 0 Å². The molecule has 1 aromatic rings. The summed E-state index contributed by atoms with van der Waals surface area (Å²) >= 11 is 0. The van der Waals surface area contributed by atoms with E-state index >= 15 is 0 Å². The van der Waals surface area contributed by atoms with Crippen molar-refractivity contribution in [1.29, 1.82) is 0 Å². The fraction of sp³-hybridized carbons (Fsp3) is 0.538. The number of hydrogen-bond acceptors (Lipinski definition) is 1. The maximum Gasteiger partial charge on any atom is 0.0328 e. The van der Waals surface area contributed by atoms with Crippen LogP contribution in [-0.2, 0) is 0 Å². The molecule has 14 heavy (non-hydrogen) atoms. The monoisotopic (exact) mass is 189 g/mol. The van der Waals surface area contributed by atoms with E-state index in [-0.39, 0.29) is 0 Å². The van der Waals surface area contributed by atoms with E-state index in [1.807, 2.05) is 0 Å². The minimum Gasteiger partial charge on any atom is -0.310 e. The van der Waals surface area contributed by atoms with E-state index in [0.29, 0.717) is 6.04 Å².